The van der Waals surface area contributed by atoms with Crippen molar-refractivity contribution in [2.24, 2.45) is 11.7 Å². The van der Waals surface area contributed by atoms with Crippen LogP contribution in [0.3, 0.4) is 0 Å². The number of hydrogen-bond acceptors (Lipinski definition) is 7. The first kappa shape index (κ1) is 18.8. The highest BCUT2D eigenvalue weighted by molar-refractivity contribution is 7.22. The second-order valence-electron chi connectivity index (χ2n) is 7.01. The van der Waals surface area contributed by atoms with Crippen molar-refractivity contribution < 1.29 is 9.59 Å². The van der Waals surface area contributed by atoms with Crippen molar-refractivity contribution in [2.75, 3.05) is 23.3 Å². The maximum absolute atomic E-state index is 12.6. The second kappa shape index (κ2) is 7.84. The van der Waals surface area contributed by atoms with E-state index in [9.17, 15) is 9.59 Å². The van der Waals surface area contributed by atoms with Gasteiger partial charge in [-0.05, 0) is 37.5 Å². The van der Waals surface area contributed by atoms with Crippen molar-refractivity contribution >= 4 is 55.0 Å². The molecule has 0 radical (unpaired) electrons. The number of primary amides is 1. The van der Waals surface area contributed by atoms with Gasteiger partial charge in [0.1, 0.15) is 0 Å². The monoisotopic (exact) mass is 415 g/mol. The summed E-state index contributed by atoms with van der Waals surface area (Å²) in [6.45, 7) is 3.70. The molecular formula is C19H21N5O2S2. The van der Waals surface area contributed by atoms with Crippen LogP contribution in [0.2, 0.25) is 0 Å². The number of thiazole rings is 2. The van der Waals surface area contributed by atoms with E-state index in [1.807, 2.05) is 0 Å². The molecule has 0 aliphatic carbocycles. The normalized spacial score (nSPS) is 15.1. The van der Waals surface area contributed by atoms with Gasteiger partial charge in [0.05, 0.1) is 22.3 Å². The SMILES string of the molecule is Cc1ccc2nc(N3CCC(C(=O)Nc4nc(CC(N)=O)cs4)CC3)sc2c1. The first-order valence-electron chi connectivity index (χ1n) is 9.13. The van der Waals surface area contributed by atoms with Crippen LogP contribution in [0.5, 0.6) is 0 Å². The number of piperidine rings is 1. The van der Waals surface area contributed by atoms with E-state index in [0.717, 1.165) is 36.6 Å². The zero-order valence-corrected chi connectivity index (χ0v) is 17.1. The molecule has 3 aromatic rings. The highest BCUT2D eigenvalue weighted by Crippen LogP contribution is 2.32. The fourth-order valence-corrected chi connectivity index (χ4v) is 5.15. The van der Waals surface area contributed by atoms with Gasteiger partial charge in [0.2, 0.25) is 11.8 Å². The van der Waals surface area contributed by atoms with Gasteiger partial charge in [-0.15, -0.1) is 11.3 Å². The Labute approximate surface area is 170 Å². The highest BCUT2D eigenvalue weighted by Gasteiger charge is 2.27. The van der Waals surface area contributed by atoms with E-state index < -0.39 is 5.91 Å². The molecule has 1 aliphatic heterocycles. The molecule has 0 bridgehead atoms. The zero-order chi connectivity index (χ0) is 19.7. The summed E-state index contributed by atoms with van der Waals surface area (Å²) in [6.07, 6.45) is 1.65. The van der Waals surface area contributed by atoms with E-state index in [1.54, 1.807) is 16.7 Å². The van der Waals surface area contributed by atoms with E-state index in [0.29, 0.717) is 10.8 Å². The number of hydrogen-bond donors (Lipinski definition) is 2. The Kier molecular flexibility index (Phi) is 5.27. The van der Waals surface area contributed by atoms with Crippen molar-refractivity contribution in [2.45, 2.75) is 26.2 Å². The fourth-order valence-electron chi connectivity index (χ4n) is 3.32. The number of anilines is 2. The average Bonchev–Trinajstić information content (AvgIpc) is 3.27. The van der Waals surface area contributed by atoms with Crippen LogP contribution < -0.4 is 16.0 Å². The van der Waals surface area contributed by atoms with Crippen LogP contribution in [-0.2, 0) is 16.0 Å². The van der Waals surface area contributed by atoms with Gasteiger partial charge in [0, 0.05) is 24.4 Å². The van der Waals surface area contributed by atoms with Crippen LogP contribution in [-0.4, -0.2) is 34.9 Å². The molecule has 1 aliphatic rings. The number of benzene rings is 1. The lowest BCUT2D eigenvalue weighted by molar-refractivity contribution is -0.120. The van der Waals surface area contributed by atoms with Crippen LogP contribution in [0.1, 0.15) is 24.1 Å². The molecule has 28 heavy (non-hydrogen) atoms. The third-order valence-corrected chi connectivity index (χ3v) is 6.69. The largest absolute Gasteiger partial charge is 0.369 e. The van der Waals surface area contributed by atoms with Gasteiger partial charge in [-0.2, -0.15) is 0 Å². The number of rotatable bonds is 5. The first-order valence-corrected chi connectivity index (χ1v) is 10.8. The Bertz CT molecular complexity index is 1020. The number of amides is 2. The Morgan fingerprint density at radius 1 is 1.29 bits per heavy atom. The molecular weight excluding hydrogens is 394 g/mol. The summed E-state index contributed by atoms with van der Waals surface area (Å²) in [6, 6.07) is 6.30. The Hall–Kier alpha value is -2.52. The molecule has 2 aromatic heterocycles. The summed E-state index contributed by atoms with van der Waals surface area (Å²) in [5, 5.41) is 6.16. The van der Waals surface area contributed by atoms with Crippen LogP contribution in [0.4, 0.5) is 10.3 Å². The van der Waals surface area contributed by atoms with Gasteiger partial charge in [0.25, 0.3) is 0 Å². The standard InChI is InChI=1S/C19H21N5O2S2/c1-11-2-3-14-15(8-11)28-19(22-14)24-6-4-12(5-7-24)17(26)23-18-21-13(10-27-18)9-16(20)25/h2-3,8,10,12H,4-7,9H2,1H3,(H2,20,25)(H,21,23,26). The molecule has 146 valence electrons. The number of carbonyl (C=O) groups is 2. The van der Waals surface area contributed by atoms with E-state index in [1.165, 1.54) is 21.6 Å². The number of nitrogens with one attached hydrogen (secondary N) is 1. The van der Waals surface area contributed by atoms with Crippen molar-refractivity contribution in [1.29, 1.82) is 0 Å². The third kappa shape index (κ3) is 4.15. The van der Waals surface area contributed by atoms with Gasteiger partial charge < -0.3 is 16.0 Å². The molecule has 0 unspecified atom stereocenters. The third-order valence-electron chi connectivity index (χ3n) is 4.81. The minimum Gasteiger partial charge on any atom is -0.369 e. The van der Waals surface area contributed by atoms with Gasteiger partial charge in [-0.3, -0.25) is 9.59 Å². The maximum atomic E-state index is 12.6. The maximum Gasteiger partial charge on any atom is 0.229 e. The molecule has 3 N–H and O–H groups in total. The molecule has 4 rings (SSSR count). The predicted molar refractivity (Wildman–Crippen MR) is 113 cm³/mol. The van der Waals surface area contributed by atoms with Crippen LogP contribution in [0, 0.1) is 12.8 Å². The predicted octanol–water partition coefficient (Wildman–Crippen LogP) is 2.94. The van der Waals surface area contributed by atoms with Crippen molar-refractivity contribution in [1.82, 2.24) is 9.97 Å². The minimum absolute atomic E-state index is 0.0143. The van der Waals surface area contributed by atoms with Gasteiger partial charge in [-0.25, -0.2) is 9.97 Å². The number of aryl methyl sites for hydroxylation is 1. The van der Waals surface area contributed by atoms with E-state index in [2.05, 4.69) is 40.3 Å². The minimum atomic E-state index is -0.430. The van der Waals surface area contributed by atoms with Crippen LogP contribution >= 0.6 is 22.7 Å². The topological polar surface area (TPSA) is 101 Å². The lowest BCUT2D eigenvalue weighted by Crippen LogP contribution is -2.38. The quantitative estimate of drug-likeness (QED) is 0.667. The molecule has 7 nitrogen and oxygen atoms in total. The Morgan fingerprint density at radius 2 is 2.07 bits per heavy atom. The van der Waals surface area contributed by atoms with E-state index in [-0.39, 0.29) is 18.2 Å². The second-order valence-corrected chi connectivity index (χ2v) is 8.87. The summed E-state index contributed by atoms with van der Waals surface area (Å²) in [5.41, 5.74) is 8.03. The van der Waals surface area contributed by atoms with Gasteiger partial charge in [0.15, 0.2) is 10.3 Å². The summed E-state index contributed by atoms with van der Waals surface area (Å²) in [5.74, 6) is -0.489. The van der Waals surface area contributed by atoms with E-state index >= 15 is 0 Å². The molecule has 3 heterocycles. The van der Waals surface area contributed by atoms with Gasteiger partial charge in [-0.1, -0.05) is 17.4 Å². The molecule has 0 spiro atoms. The lowest BCUT2D eigenvalue weighted by atomic mass is 9.96. The number of nitrogens with zero attached hydrogens (tertiary/aromatic N) is 3. The van der Waals surface area contributed by atoms with Crippen molar-refractivity contribution in [3.63, 3.8) is 0 Å². The molecule has 9 heteroatoms. The fraction of sp³-hybridized carbons (Fsp3) is 0.368. The lowest BCUT2D eigenvalue weighted by Gasteiger charge is -2.30. The molecule has 1 aromatic carbocycles. The highest BCUT2D eigenvalue weighted by atomic mass is 32.1. The van der Waals surface area contributed by atoms with Crippen LogP contribution in [0.15, 0.2) is 23.6 Å². The summed E-state index contributed by atoms with van der Waals surface area (Å²) in [7, 11) is 0. The molecule has 2 amide bonds. The summed E-state index contributed by atoms with van der Waals surface area (Å²) < 4.78 is 1.20. The number of fused-ring (bicyclic) bond motifs is 1. The van der Waals surface area contributed by atoms with Crippen molar-refractivity contribution in [3.05, 3.63) is 34.8 Å². The molecule has 1 fully saturated rings. The Morgan fingerprint density at radius 3 is 2.82 bits per heavy atom. The zero-order valence-electron chi connectivity index (χ0n) is 15.5. The number of aromatic nitrogens is 2. The van der Waals surface area contributed by atoms with E-state index in [4.69, 9.17) is 10.7 Å². The molecule has 1 saturated heterocycles. The number of carbonyl (C=O) groups excluding carboxylic acids is 2. The van der Waals surface area contributed by atoms with Crippen LogP contribution in [0.25, 0.3) is 10.2 Å². The first-order chi connectivity index (χ1) is 13.5. The van der Waals surface area contributed by atoms with Crippen molar-refractivity contribution in [3.8, 4) is 0 Å². The smallest absolute Gasteiger partial charge is 0.229 e. The average molecular weight is 416 g/mol. The Balaban J connectivity index is 1.34. The summed E-state index contributed by atoms with van der Waals surface area (Å²) >= 11 is 3.02. The molecule has 0 atom stereocenters. The number of nitrogens with two attached hydrogens (primary N) is 1. The summed E-state index contributed by atoms with van der Waals surface area (Å²) in [4.78, 5) is 34.8. The van der Waals surface area contributed by atoms with Gasteiger partial charge >= 0.3 is 0 Å². The molecule has 0 saturated carbocycles.